The van der Waals surface area contributed by atoms with Crippen molar-refractivity contribution in [3.8, 4) is 11.4 Å². The molecule has 126 valence electrons. The molecule has 0 aliphatic heterocycles. The van der Waals surface area contributed by atoms with Crippen molar-refractivity contribution in [2.45, 2.75) is 6.54 Å². The molecule has 25 heavy (non-hydrogen) atoms. The topological polar surface area (TPSA) is 69.7 Å². The predicted molar refractivity (Wildman–Crippen MR) is 96.0 cm³/mol. The first-order valence-electron chi connectivity index (χ1n) is 7.98. The Kier molecular flexibility index (Phi) is 3.61. The van der Waals surface area contributed by atoms with Crippen LogP contribution in [0.4, 0.5) is 5.82 Å². The third-order valence-corrected chi connectivity index (χ3v) is 4.17. The lowest BCUT2D eigenvalue weighted by molar-refractivity contribution is -0.116. The van der Waals surface area contributed by atoms with Crippen LogP contribution in [0.3, 0.4) is 0 Å². The number of anilines is 1. The predicted octanol–water partition coefficient (Wildman–Crippen LogP) is 2.41. The number of benzene rings is 1. The molecular formula is C18H18N6O. The van der Waals surface area contributed by atoms with E-state index < -0.39 is 0 Å². The molecule has 1 aromatic carbocycles. The van der Waals surface area contributed by atoms with E-state index >= 15 is 0 Å². The standard InChI is InChI=1S/C18H18N6O/c1-22-10-5-8-16(22)14-9-11-24(20-14)12-17(25)19-18-13-6-3-4-7-15(13)23(2)21-18/h3-11H,12H2,1-2H3,(H,19,21,25). The molecule has 0 aliphatic rings. The molecule has 0 saturated heterocycles. The van der Waals surface area contributed by atoms with Gasteiger partial charge >= 0.3 is 0 Å². The quantitative estimate of drug-likeness (QED) is 0.623. The second kappa shape index (κ2) is 5.94. The lowest BCUT2D eigenvalue weighted by Gasteiger charge is -2.03. The van der Waals surface area contributed by atoms with E-state index in [4.69, 9.17) is 0 Å². The van der Waals surface area contributed by atoms with Crippen LogP contribution in [0.1, 0.15) is 0 Å². The lowest BCUT2D eigenvalue weighted by atomic mass is 10.2. The number of nitrogens with one attached hydrogen (secondary N) is 1. The molecule has 0 fully saturated rings. The molecule has 7 heteroatoms. The summed E-state index contributed by atoms with van der Waals surface area (Å²) in [4.78, 5) is 12.4. The highest BCUT2D eigenvalue weighted by molar-refractivity contribution is 5.99. The third kappa shape index (κ3) is 2.80. The van der Waals surface area contributed by atoms with Crippen LogP contribution < -0.4 is 5.32 Å². The molecule has 0 spiro atoms. The van der Waals surface area contributed by atoms with Gasteiger partial charge in [0.25, 0.3) is 0 Å². The van der Waals surface area contributed by atoms with Crippen molar-refractivity contribution in [1.82, 2.24) is 24.1 Å². The van der Waals surface area contributed by atoms with Gasteiger partial charge < -0.3 is 9.88 Å². The SMILES string of the molecule is Cn1cccc1-c1ccn(CC(=O)Nc2nn(C)c3ccccc23)n1. The number of para-hydroxylation sites is 1. The van der Waals surface area contributed by atoms with Crippen molar-refractivity contribution in [2.24, 2.45) is 14.1 Å². The summed E-state index contributed by atoms with van der Waals surface area (Å²) < 4.78 is 5.38. The van der Waals surface area contributed by atoms with Crippen molar-refractivity contribution in [2.75, 3.05) is 5.32 Å². The number of hydrogen-bond acceptors (Lipinski definition) is 3. The maximum atomic E-state index is 12.4. The van der Waals surface area contributed by atoms with Gasteiger partial charge in [-0.1, -0.05) is 12.1 Å². The van der Waals surface area contributed by atoms with Gasteiger partial charge in [-0.15, -0.1) is 0 Å². The minimum Gasteiger partial charge on any atom is -0.349 e. The number of carbonyl (C=O) groups excluding carboxylic acids is 1. The highest BCUT2D eigenvalue weighted by Gasteiger charge is 2.12. The van der Waals surface area contributed by atoms with E-state index in [0.717, 1.165) is 22.3 Å². The normalized spacial score (nSPS) is 11.1. The third-order valence-electron chi connectivity index (χ3n) is 4.17. The molecule has 0 aliphatic carbocycles. The molecule has 4 aromatic rings. The van der Waals surface area contributed by atoms with Gasteiger partial charge in [0.05, 0.1) is 11.2 Å². The first-order chi connectivity index (χ1) is 12.1. The van der Waals surface area contributed by atoms with E-state index in [1.54, 1.807) is 15.6 Å². The Labute approximate surface area is 144 Å². The Morgan fingerprint density at radius 2 is 1.88 bits per heavy atom. The summed E-state index contributed by atoms with van der Waals surface area (Å²) >= 11 is 0. The van der Waals surface area contributed by atoms with Crippen LogP contribution in [-0.2, 0) is 25.4 Å². The summed E-state index contributed by atoms with van der Waals surface area (Å²) in [6.07, 6.45) is 3.77. The smallest absolute Gasteiger partial charge is 0.247 e. The van der Waals surface area contributed by atoms with E-state index in [0.29, 0.717) is 5.82 Å². The molecule has 1 N–H and O–H groups in total. The highest BCUT2D eigenvalue weighted by Crippen LogP contribution is 2.21. The van der Waals surface area contributed by atoms with Gasteiger partial charge in [-0.05, 0) is 30.3 Å². The molecule has 0 bridgehead atoms. The monoisotopic (exact) mass is 334 g/mol. The first kappa shape index (κ1) is 15.2. The minimum atomic E-state index is -0.162. The minimum absolute atomic E-state index is 0.134. The van der Waals surface area contributed by atoms with Gasteiger partial charge in [-0.3, -0.25) is 14.2 Å². The van der Waals surface area contributed by atoms with Gasteiger partial charge in [0, 0.05) is 31.9 Å². The van der Waals surface area contributed by atoms with Gasteiger partial charge in [0.1, 0.15) is 12.2 Å². The van der Waals surface area contributed by atoms with Gasteiger partial charge in [0.15, 0.2) is 5.82 Å². The molecule has 4 rings (SSSR count). The molecule has 3 heterocycles. The van der Waals surface area contributed by atoms with Crippen LogP contribution >= 0.6 is 0 Å². The first-order valence-corrected chi connectivity index (χ1v) is 7.98. The number of amides is 1. The van der Waals surface area contributed by atoms with Gasteiger partial charge in [0.2, 0.25) is 5.91 Å². The molecule has 0 unspecified atom stereocenters. The summed E-state index contributed by atoms with van der Waals surface area (Å²) in [5.74, 6) is 0.406. The summed E-state index contributed by atoms with van der Waals surface area (Å²) in [5, 5.41) is 12.6. The largest absolute Gasteiger partial charge is 0.349 e. The number of fused-ring (bicyclic) bond motifs is 1. The zero-order chi connectivity index (χ0) is 17.4. The Balaban J connectivity index is 1.51. The van der Waals surface area contributed by atoms with Crippen LogP contribution in [-0.4, -0.2) is 30.0 Å². The molecule has 0 saturated carbocycles. The highest BCUT2D eigenvalue weighted by atomic mass is 16.2. The maximum absolute atomic E-state index is 12.4. The fraction of sp³-hybridized carbons (Fsp3) is 0.167. The van der Waals surface area contributed by atoms with Crippen LogP contribution in [0.5, 0.6) is 0 Å². The molecule has 3 aromatic heterocycles. The van der Waals surface area contributed by atoms with Crippen LogP contribution in [0.2, 0.25) is 0 Å². The van der Waals surface area contributed by atoms with Crippen LogP contribution in [0.15, 0.2) is 54.9 Å². The fourth-order valence-electron chi connectivity index (χ4n) is 2.94. The van der Waals surface area contributed by atoms with E-state index in [-0.39, 0.29) is 12.5 Å². The van der Waals surface area contributed by atoms with Crippen molar-refractivity contribution >= 4 is 22.6 Å². The number of aryl methyl sites for hydroxylation is 2. The Morgan fingerprint density at radius 1 is 1.04 bits per heavy atom. The number of carbonyl (C=O) groups is 1. The molecule has 0 atom stereocenters. The second-order valence-corrected chi connectivity index (χ2v) is 5.94. The molecule has 7 nitrogen and oxygen atoms in total. The summed E-state index contributed by atoms with van der Waals surface area (Å²) in [5.41, 5.74) is 2.82. The Morgan fingerprint density at radius 3 is 2.68 bits per heavy atom. The van der Waals surface area contributed by atoms with Crippen molar-refractivity contribution < 1.29 is 4.79 Å². The average Bonchev–Trinajstić information content (AvgIpc) is 3.29. The Hall–Kier alpha value is -3.35. The second-order valence-electron chi connectivity index (χ2n) is 5.94. The summed E-state index contributed by atoms with van der Waals surface area (Å²) in [6, 6.07) is 13.7. The zero-order valence-electron chi connectivity index (χ0n) is 14.0. The van der Waals surface area contributed by atoms with E-state index in [2.05, 4.69) is 15.5 Å². The van der Waals surface area contributed by atoms with Crippen molar-refractivity contribution in [1.29, 1.82) is 0 Å². The van der Waals surface area contributed by atoms with E-state index in [1.807, 2.05) is 67.3 Å². The maximum Gasteiger partial charge on any atom is 0.247 e. The number of nitrogens with zero attached hydrogens (tertiary/aromatic N) is 5. The van der Waals surface area contributed by atoms with Crippen molar-refractivity contribution in [3.63, 3.8) is 0 Å². The molecule has 1 amide bonds. The number of rotatable bonds is 4. The summed E-state index contributed by atoms with van der Waals surface area (Å²) in [6.45, 7) is 0.134. The van der Waals surface area contributed by atoms with Gasteiger partial charge in [-0.25, -0.2) is 0 Å². The zero-order valence-corrected chi connectivity index (χ0v) is 14.0. The van der Waals surface area contributed by atoms with E-state index in [1.165, 1.54) is 0 Å². The van der Waals surface area contributed by atoms with Gasteiger partial charge in [-0.2, -0.15) is 10.2 Å². The number of aromatic nitrogens is 5. The number of hydrogen-bond donors (Lipinski definition) is 1. The fourth-order valence-corrected chi connectivity index (χ4v) is 2.94. The van der Waals surface area contributed by atoms with Crippen molar-refractivity contribution in [3.05, 3.63) is 54.9 Å². The molecule has 0 radical (unpaired) electrons. The van der Waals surface area contributed by atoms with Crippen LogP contribution in [0, 0.1) is 0 Å². The molecular weight excluding hydrogens is 316 g/mol. The Bertz CT molecular complexity index is 1050. The average molecular weight is 334 g/mol. The lowest BCUT2D eigenvalue weighted by Crippen LogP contribution is -2.19. The van der Waals surface area contributed by atoms with E-state index in [9.17, 15) is 4.79 Å². The summed E-state index contributed by atoms with van der Waals surface area (Å²) in [7, 11) is 3.82. The van der Waals surface area contributed by atoms with Crippen LogP contribution in [0.25, 0.3) is 22.3 Å².